The van der Waals surface area contributed by atoms with Gasteiger partial charge in [-0.25, -0.2) is 9.59 Å². The number of nitrogens with one attached hydrogen (secondary N) is 1. The van der Waals surface area contributed by atoms with Crippen LogP contribution in [-0.4, -0.2) is 58.3 Å². The normalized spacial score (nSPS) is 18.0. The van der Waals surface area contributed by atoms with Crippen molar-refractivity contribution in [1.29, 1.82) is 0 Å². The Morgan fingerprint density at radius 3 is 2.34 bits per heavy atom. The zero-order valence-electron chi connectivity index (χ0n) is 17.8. The summed E-state index contributed by atoms with van der Waals surface area (Å²) in [6.07, 6.45) is 0.0109. The molecule has 1 heterocycles. The van der Waals surface area contributed by atoms with Crippen LogP contribution in [0.5, 0.6) is 0 Å². The van der Waals surface area contributed by atoms with E-state index in [2.05, 4.69) is 29.6 Å². The molecular weight excluding hydrogens is 428 g/mol. The van der Waals surface area contributed by atoms with E-state index in [-0.39, 0.29) is 24.9 Å². The maximum absolute atomic E-state index is 12.6. The number of hydrogen-bond acceptors (Lipinski definition) is 5. The highest BCUT2D eigenvalue weighted by molar-refractivity contribution is 7.99. The first-order chi connectivity index (χ1) is 15.5. The number of hydrogen-bond donors (Lipinski definition) is 2. The first kappa shape index (κ1) is 22.2. The molecule has 8 heteroatoms. The van der Waals surface area contributed by atoms with Crippen LogP contribution in [0.15, 0.2) is 48.5 Å². The first-order valence-corrected chi connectivity index (χ1v) is 11.9. The van der Waals surface area contributed by atoms with Crippen molar-refractivity contribution in [3.63, 3.8) is 0 Å². The van der Waals surface area contributed by atoms with Crippen LogP contribution in [0.3, 0.4) is 0 Å². The Labute approximate surface area is 191 Å². The summed E-state index contributed by atoms with van der Waals surface area (Å²) in [4.78, 5) is 37.8. The van der Waals surface area contributed by atoms with E-state index in [1.54, 1.807) is 0 Å². The molecule has 2 amide bonds. The van der Waals surface area contributed by atoms with E-state index in [1.807, 2.05) is 31.2 Å². The number of carbonyl (C=O) groups is 3. The van der Waals surface area contributed by atoms with Gasteiger partial charge in [-0.15, -0.1) is 11.8 Å². The summed E-state index contributed by atoms with van der Waals surface area (Å²) in [5.74, 6) is -0.559. The van der Waals surface area contributed by atoms with Gasteiger partial charge >= 0.3 is 12.1 Å². The van der Waals surface area contributed by atoms with Crippen molar-refractivity contribution in [3.8, 4) is 11.1 Å². The number of thioether (sulfide) groups is 1. The molecule has 1 saturated heterocycles. The van der Waals surface area contributed by atoms with E-state index in [0.717, 1.165) is 22.3 Å². The second-order valence-corrected chi connectivity index (χ2v) is 9.00. The lowest BCUT2D eigenvalue weighted by atomic mass is 9.98. The lowest BCUT2D eigenvalue weighted by molar-refractivity contribution is -0.147. The number of amides is 2. The van der Waals surface area contributed by atoms with Crippen molar-refractivity contribution in [1.82, 2.24) is 10.2 Å². The number of alkyl carbamates (subject to hydrolysis) is 1. The average molecular weight is 455 g/mol. The van der Waals surface area contributed by atoms with Crippen LogP contribution in [0.1, 0.15) is 36.8 Å². The molecule has 1 aliphatic carbocycles. The van der Waals surface area contributed by atoms with Gasteiger partial charge in [-0.2, -0.15) is 0 Å². The molecule has 2 aliphatic rings. The molecule has 0 spiro atoms. The SMILES string of the molecule is CC[C@@H](CC(=O)N1CSCC1C(=O)O)NC(=O)OCC1c2ccccc2-c2ccccc21. The van der Waals surface area contributed by atoms with E-state index in [1.165, 1.54) is 16.7 Å². The Bertz CT molecular complexity index is 981. The number of rotatable bonds is 7. The number of ether oxygens (including phenoxy) is 1. The zero-order chi connectivity index (χ0) is 22.7. The van der Waals surface area contributed by atoms with Crippen LogP contribution in [0.2, 0.25) is 0 Å². The Hall–Kier alpha value is -3.00. The third kappa shape index (κ3) is 4.46. The van der Waals surface area contributed by atoms with Crippen LogP contribution in [0.4, 0.5) is 4.79 Å². The number of fused-ring (bicyclic) bond motifs is 3. The minimum Gasteiger partial charge on any atom is -0.480 e. The summed E-state index contributed by atoms with van der Waals surface area (Å²) in [6, 6.07) is 15.0. The van der Waals surface area contributed by atoms with E-state index in [4.69, 9.17) is 4.74 Å². The van der Waals surface area contributed by atoms with Gasteiger partial charge in [-0.3, -0.25) is 4.79 Å². The van der Waals surface area contributed by atoms with Gasteiger partial charge < -0.3 is 20.1 Å². The fourth-order valence-electron chi connectivity index (χ4n) is 4.33. The molecule has 4 rings (SSSR count). The molecule has 1 unspecified atom stereocenters. The Morgan fingerprint density at radius 1 is 1.12 bits per heavy atom. The molecular formula is C24H26N2O5S. The van der Waals surface area contributed by atoms with Crippen LogP contribution in [-0.2, 0) is 14.3 Å². The van der Waals surface area contributed by atoms with Gasteiger partial charge in [0.25, 0.3) is 0 Å². The molecule has 7 nitrogen and oxygen atoms in total. The molecule has 0 radical (unpaired) electrons. The molecule has 1 fully saturated rings. The third-order valence-corrected chi connectivity index (χ3v) is 7.08. The molecule has 2 aromatic carbocycles. The average Bonchev–Trinajstić information content (AvgIpc) is 3.41. The van der Waals surface area contributed by atoms with Gasteiger partial charge in [0.2, 0.25) is 5.91 Å². The lowest BCUT2D eigenvalue weighted by Crippen LogP contribution is -2.45. The van der Waals surface area contributed by atoms with Gasteiger partial charge in [0, 0.05) is 24.1 Å². The molecule has 0 bridgehead atoms. The largest absolute Gasteiger partial charge is 0.480 e. The lowest BCUT2D eigenvalue weighted by Gasteiger charge is -2.24. The highest BCUT2D eigenvalue weighted by atomic mass is 32.2. The minimum atomic E-state index is -0.999. The summed E-state index contributed by atoms with van der Waals surface area (Å²) in [5, 5.41) is 12.1. The Balaban J connectivity index is 1.35. The monoisotopic (exact) mass is 454 g/mol. The highest BCUT2D eigenvalue weighted by Crippen LogP contribution is 2.44. The molecule has 32 heavy (non-hydrogen) atoms. The van der Waals surface area contributed by atoms with Crippen molar-refractivity contribution in [2.45, 2.75) is 37.8 Å². The predicted molar refractivity (Wildman–Crippen MR) is 122 cm³/mol. The third-order valence-electron chi connectivity index (χ3n) is 6.07. The Kier molecular flexibility index (Phi) is 6.69. The van der Waals surface area contributed by atoms with Crippen LogP contribution < -0.4 is 5.32 Å². The smallest absolute Gasteiger partial charge is 0.407 e. The summed E-state index contributed by atoms with van der Waals surface area (Å²) >= 11 is 1.42. The number of benzene rings is 2. The number of carbonyl (C=O) groups excluding carboxylic acids is 2. The van der Waals surface area contributed by atoms with Crippen molar-refractivity contribution in [3.05, 3.63) is 59.7 Å². The maximum atomic E-state index is 12.6. The van der Waals surface area contributed by atoms with E-state index >= 15 is 0 Å². The van der Waals surface area contributed by atoms with Crippen LogP contribution in [0, 0.1) is 0 Å². The molecule has 0 saturated carbocycles. The quantitative estimate of drug-likeness (QED) is 0.663. The maximum Gasteiger partial charge on any atom is 0.407 e. The summed E-state index contributed by atoms with van der Waals surface area (Å²) in [7, 11) is 0. The minimum absolute atomic E-state index is 0.0344. The Morgan fingerprint density at radius 2 is 1.75 bits per heavy atom. The van der Waals surface area contributed by atoms with Crippen molar-refractivity contribution in [2.24, 2.45) is 0 Å². The van der Waals surface area contributed by atoms with Gasteiger partial charge in [-0.05, 0) is 28.7 Å². The molecule has 2 aromatic rings. The number of aliphatic carboxylic acids is 1. The molecule has 168 valence electrons. The number of nitrogens with zero attached hydrogens (tertiary/aromatic N) is 1. The molecule has 2 N–H and O–H groups in total. The van der Waals surface area contributed by atoms with Crippen molar-refractivity contribution in [2.75, 3.05) is 18.2 Å². The fourth-order valence-corrected chi connectivity index (χ4v) is 5.50. The van der Waals surface area contributed by atoms with Gasteiger partial charge in [-0.1, -0.05) is 55.5 Å². The second kappa shape index (κ2) is 9.65. The fraction of sp³-hybridized carbons (Fsp3) is 0.375. The summed E-state index contributed by atoms with van der Waals surface area (Å²) in [5.41, 5.74) is 4.58. The standard InChI is InChI=1S/C24H26N2O5S/c1-2-15(11-22(27)26-14-32-13-21(26)23(28)29)25-24(30)31-12-20-18-9-5-3-7-16(18)17-8-4-6-10-19(17)20/h3-10,15,20-21H,2,11-14H2,1H3,(H,25,30)(H,28,29)/t15-,21?/m0/s1. The first-order valence-electron chi connectivity index (χ1n) is 10.7. The van der Waals surface area contributed by atoms with E-state index in [0.29, 0.717) is 18.1 Å². The van der Waals surface area contributed by atoms with Crippen molar-refractivity contribution >= 4 is 29.7 Å². The molecule has 1 aliphatic heterocycles. The van der Waals surface area contributed by atoms with Gasteiger partial charge in [0.05, 0.1) is 5.88 Å². The number of carboxylic acids is 1. The number of carboxylic acid groups (broad SMARTS) is 1. The zero-order valence-corrected chi connectivity index (χ0v) is 18.6. The molecule has 0 aromatic heterocycles. The van der Waals surface area contributed by atoms with E-state index < -0.39 is 24.1 Å². The van der Waals surface area contributed by atoms with E-state index in [9.17, 15) is 19.5 Å². The summed E-state index contributed by atoms with van der Waals surface area (Å²) in [6.45, 7) is 2.07. The topological polar surface area (TPSA) is 95.9 Å². The van der Waals surface area contributed by atoms with Crippen LogP contribution in [0.25, 0.3) is 11.1 Å². The molecule has 2 atom stereocenters. The van der Waals surface area contributed by atoms with Crippen molar-refractivity contribution < 1.29 is 24.2 Å². The second-order valence-electron chi connectivity index (χ2n) is 8.00. The van der Waals surface area contributed by atoms with Gasteiger partial charge in [0.1, 0.15) is 12.6 Å². The van der Waals surface area contributed by atoms with Crippen LogP contribution >= 0.6 is 11.8 Å². The predicted octanol–water partition coefficient (Wildman–Crippen LogP) is 3.68. The highest BCUT2D eigenvalue weighted by Gasteiger charge is 2.35. The summed E-state index contributed by atoms with van der Waals surface area (Å²) < 4.78 is 5.57. The van der Waals surface area contributed by atoms with Gasteiger partial charge in [0.15, 0.2) is 0 Å².